The third-order valence-electron chi connectivity index (χ3n) is 4.57. The molecule has 18 heavy (non-hydrogen) atoms. The number of hydrogen-bond acceptors (Lipinski definition) is 4. The molecule has 2 aliphatic rings. The smallest absolute Gasteiger partial charge is 0.109 e. The van der Waals surface area contributed by atoms with Crippen LogP contribution in [0.2, 0.25) is 0 Å². The summed E-state index contributed by atoms with van der Waals surface area (Å²) in [7, 11) is 0. The van der Waals surface area contributed by atoms with Gasteiger partial charge in [0.2, 0.25) is 0 Å². The van der Waals surface area contributed by atoms with Crippen molar-refractivity contribution in [1.29, 1.82) is 0 Å². The van der Waals surface area contributed by atoms with Crippen LogP contribution in [-0.4, -0.2) is 35.1 Å². The lowest BCUT2D eigenvalue weighted by Gasteiger charge is -2.47. The summed E-state index contributed by atoms with van der Waals surface area (Å²) in [5, 5.41) is 7.16. The fourth-order valence-corrected chi connectivity index (χ4v) is 4.21. The molecule has 1 saturated carbocycles. The lowest BCUT2D eigenvalue weighted by Crippen LogP contribution is -2.61. The molecule has 1 aromatic heterocycles. The van der Waals surface area contributed by atoms with Gasteiger partial charge in [-0.1, -0.05) is 19.3 Å². The fourth-order valence-electron chi connectivity index (χ4n) is 3.48. The first-order chi connectivity index (χ1) is 8.79. The number of nitrogens with zero attached hydrogens (tertiary/aromatic N) is 2. The molecule has 1 spiro atoms. The van der Waals surface area contributed by atoms with E-state index in [1.165, 1.54) is 43.7 Å². The van der Waals surface area contributed by atoms with Gasteiger partial charge in [0, 0.05) is 36.8 Å². The Bertz CT molecular complexity index is 365. The molecule has 2 fully saturated rings. The molecule has 3 rings (SSSR count). The highest BCUT2D eigenvalue weighted by Crippen LogP contribution is 2.33. The zero-order chi connectivity index (χ0) is 12.4. The Morgan fingerprint density at radius 2 is 2.22 bits per heavy atom. The first kappa shape index (κ1) is 12.6. The summed E-state index contributed by atoms with van der Waals surface area (Å²) in [5.41, 5.74) is 0.405. The third kappa shape index (κ3) is 2.46. The van der Waals surface area contributed by atoms with Crippen molar-refractivity contribution in [1.82, 2.24) is 15.2 Å². The van der Waals surface area contributed by atoms with Crippen molar-refractivity contribution < 1.29 is 0 Å². The van der Waals surface area contributed by atoms with E-state index < -0.39 is 0 Å². The highest BCUT2D eigenvalue weighted by atomic mass is 32.1. The van der Waals surface area contributed by atoms with Crippen molar-refractivity contribution >= 4 is 11.3 Å². The second-order valence-corrected chi connectivity index (χ2v) is 6.71. The van der Waals surface area contributed by atoms with Gasteiger partial charge in [-0.05, 0) is 19.8 Å². The lowest BCUT2D eigenvalue weighted by molar-refractivity contribution is 0.0729. The van der Waals surface area contributed by atoms with Crippen molar-refractivity contribution in [2.45, 2.75) is 50.6 Å². The van der Waals surface area contributed by atoms with Gasteiger partial charge in [-0.2, -0.15) is 0 Å². The topological polar surface area (TPSA) is 28.2 Å². The molecule has 1 aliphatic heterocycles. The Balaban J connectivity index is 1.70. The minimum atomic E-state index is 0.405. The summed E-state index contributed by atoms with van der Waals surface area (Å²) >= 11 is 1.79. The van der Waals surface area contributed by atoms with Crippen LogP contribution in [0.15, 0.2) is 11.6 Å². The van der Waals surface area contributed by atoms with E-state index in [1.54, 1.807) is 11.3 Å². The standard InChI is InChI=1S/C14H23N3S/c1-12(13-15-8-10-18-13)17-9-7-16-14(11-17)5-3-2-4-6-14/h8,10,12,16H,2-7,9,11H2,1H3. The molecule has 1 aromatic rings. The van der Waals surface area contributed by atoms with Crippen LogP contribution in [0.25, 0.3) is 0 Å². The van der Waals surface area contributed by atoms with E-state index in [2.05, 4.69) is 27.5 Å². The zero-order valence-electron chi connectivity index (χ0n) is 11.2. The fraction of sp³-hybridized carbons (Fsp3) is 0.786. The molecule has 0 aromatic carbocycles. The molecule has 0 radical (unpaired) electrons. The van der Waals surface area contributed by atoms with Crippen LogP contribution in [0, 0.1) is 0 Å². The van der Waals surface area contributed by atoms with Crippen LogP contribution in [-0.2, 0) is 0 Å². The molecular formula is C14H23N3S. The van der Waals surface area contributed by atoms with Crippen molar-refractivity contribution in [2.75, 3.05) is 19.6 Å². The normalized spacial score (nSPS) is 26.3. The lowest BCUT2D eigenvalue weighted by atomic mass is 9.80. The van der Waals surface area contributed by atoms with Gasteiger partial charge in [0.1, 0.15) is 5.01 Å². The maximum atomic E-state index is 4.48. The van der Waals surface area contributed by atoms with Gasteiger partial charge >= 0.3 is 0 Å². The quantitative estimate of drug-likeness (QED) is 0.891. The molecule has 2 heterocycles. The van der Waals surface area contributed by atoms with Gasteiger partial charge in [0.15, 0.2) is 0 Å². The van der Waals surface area contributed by atoms with Crippen LogP contribution in [0.3, 0.4) is 0 Å². The highest BCUT2D eigenvalue weighted by Gasteiger charge is 2.37. The molecule has 3 nitrogen and oxygen atoms in total. The van der Waals surface area contributed by atoms with E-state index in [4.69, 9.17) is 0 Å². The third-order valence-corrected chi connectivity index (χ3v) is 5.52. The van der Waals surface area contributed by atoms with E-state index in [-0.39, 0.29) is 0 Å². The van der Waals surface area contributed by atoms with Crippen molar-refractivity contribution in [3.8, 4) is 0 Å². The number of thiazole rings is 1. The molecule has 1 N–H and O–H groups in total. The Labute approximate surface area is 114 Å². The summed E-state index contributed by atoms with van der Waals surface area (Å²) in [4.78, 5) is 7.11. The number of rotatable bonds is 2. The largest absolute Gasteiger partial charge is 0.309 e. The second kappa shape index (κ2) is 5.27. The van der Waals surface area contributed by atoms with Gasteiger partial charge in [-0.3, -0.25) is 4.90 Å². The Hall–Kier alpha value is -0.450. The Morgan fingerprint density at radius 3 is 2.94 bits per heavy atom. The van der Waals surface area contributed by atoms with E-state index in [1.807, 2.05) is 6.20 Å². The second-order valence-electron chi connectivity index (χ2n) is 5.78. The van der Waals surface area contributed by atoms with E-state index in [0.717, 1.165) is 13.1 Å². The minimum Gasteiger partial charge on any atom is -0.309 e. The summed E-state index contributed by atoms with van der Waals surface area (Å²) < 4.78 is 0. The van der Waals surface area contributed by atoms with Crippen LogP contribution >= 0.6 is 11.3 Å². The predicted molar refractivity (Wildman–Crippen MR) is 75.9 cm³/mol. The van der Waals surface area contributed by atoms with Gasteiger partial charge < -0.3 is 5.32 Å². The first-order valence-corrected chi connectivity index (χ1v) is 8.06. The van der Waals surface area contributed by atoms with Crippen LogP contribution in [0.1, 0.15) is 50.1 Å². The molecular weight excluding hydrogens is 242 g/mol. The Kier molecular flexibility index (Phi) is 3.68. The first-order valence-electron chi connectivity index (χ1n) is 7.18. The van der Waals surface area contributed by atoms with Crippen LogP contribution in [0.5, 0.6) is 0 Å². The monoisotopic (exact) mass is 265 g/mol. The van der Waals surface area contributed by atoms with E-state index in [9.17, 15) is 0 Å². The molecule has 4 heteroatoms. The van der Waals surface area contributed by atoms with Crippen molar-refractivity contribution in [3.63, 3.8) is 0 Å². The van der Waals surface area contributed by atoms with Crippen molar-refractivity contribution in [2.24, 2.45) is 0 Å². The number of hydrogen-bond donors (Lipinski definition) is 1. The average molecular weight is 265 g/mol. The Morgan fingerprint density at radius 1 is 1.39 bits per heavy atom. The molecule has 1 unspecified atom stereocenters. The summed E-state index contributed by atoms with van der Waals surface area (Å²) in [6.07, 6.45) is 8.85. The summed E-state index contributed by atoms with van der Waals surface area (Å²) in [5.74, 6) is 0. The van der Waals surface area contributed by atoms with E-state index >= 15 is 0 Å². The van der Waals surface area contributed by atoms with E-state index in [0.29, 0.717) is 11.6 Å². The average Bonchev–Trinajstić information content (AvgIpc) is 2.93. The molecule has 1 saturated heterocycles. The molecule has 1 atom stereocenters. The van der Waals surface area contributed by atoms with Gasteiger partial charge in [0.25, 0.3) is 0 Å². The SMILES string of the molecule is CC(c1nccs1)N1CCNC2(CCCCC2)C1. The molecule has 100 valence electrons. The van der Waals surface area contributed by atoms with Crippen LogP contribution in [0.4, 0.5) is 0 Å². The van der Waals surface area contributed by atoms with Gasteiger partial charge in [-0.15, -0.1) is 11.3 Å². The highest BCUT2D eigenvalue weighted by molar-refractivity contribution is 7.09. The molecule has 0 amide bonds. The summed E-state index contributed by atoms with van der Waals surface area (Å²) in [6, 6.07) is 0.478. The maximum Gasteiger partial charge on any atom is 0.109 e. The predicted octanol–water partition coefficient (Wildman–Crippen LogP) is 2.81. The minimum absolute atomic E-state index is 0.405. The van der Waals surface area contributed by atoms with Gasteiger partial charge in [-0.25, -0.2) is 4.98 Å². The van der Waals surface area contributed by atoms with Gasteiger partial charge in [0.05, 0.1) is 6.04 Å². The van der Waals surface area contributed by atoms with Crippen LogP contribution < -0.4 is 5.32 Å². The molecule has 0 bridgehead atoms. The molecule has 1 aliphatic carbocycles. The maximum absolute atomic E-state index is 4.48. The van der Waals surface area contributed by atoms with Crippen molar-refractivity contribution in [3.05, 3.63) is 16.6 Å². The number of nitrogens with one attached hydrogen (secondary N) is 1. The summed E-state index contributed by atoms with van der Waals surface area (Å²) in [6.45, 7) is 5.80. The zero-order valence-corrected chi connectivity index (χ0v) is 12.0. The number of aromatic nitrogens is 1. The number of piperazine rings is 1.